The van der Waals surface area contributed by atoms with Crippen molar-refractivity contribution in [3.8, 4) is 0 Å². The van der Waals surface area contributed by atoms with Crippen molar-refractivity contribution >= 4 is 5.97 Å². The molecule has 0 amide bonds. The fourth-order valence-electron chi connectivity index (χ4n) is 3.24. The molecule has 0 heterocycles. The van der Waals surface area contributed by atoms with Crippen LogP contribution in [0.5, 0.6) is 0 Å². The third kappa shape index (κ3) is 23.7. The monoisotopic (exact) mass is 458 g/mol. The van der Waals surface area contributed by atoms with E-state index in [-0.39, 0.29) is 19.8 Å². The van der Waals surface area contributed by atoms with Crippen LogP contribution < -0.4 is 0 Å². The normalized spacial score (nSPS) is 12.1. The number of carboxylic acid groups (broad SMARTS) is 1. The molecule has 5 heteroatoms. The summed E-state index contributed by atoms with van der Waals surface area (Å²) in [5.41, 5.74) is -0.168. The van der Waals surface area contributed by atoms with Crippen LogP contribution in [0.25, 0.3) is 0 Å². The van der Waals surface area contributed by atoms with Crippen LogP contribution in [-0.4, -0.2) is 46.2 Å². The molecule has 32 heavy (non-hydrogen) atoms. The van der Waals surface area contributed by atoms with Crippen LogP contribution in [0.2, 0.25) is 0 Å². The summed E-state index contributed by atoms with van der Waals surface area (Å²) in [6.45, 7) is 8.34. The number of hydrogen-bond donors (Lipinski definition) is 4. The van der Waals surface area contributed by atoms with Crippen molar-refractivity contribution in [1.29, 1.82) is 0 Å². The van der Waals surface area contributed by atoms with Crippen LogP contribution in [0.1, 0.15) is 124 Å². The Morgan fingerprint density at radius 1 is 0.688 bits per heavy atom. The first-order valence-electron chi connectivity index (χ1n) is 12.9. The number of aliphatic hydroxyl groups excluding tert-OH is 3. The van der Waals surface area contributed by atoms with Gasteiger partial charge in [0.25, 0.3) is 0 Å². The number of carbonyl (C=O) groups is 1. The van der Waals surface area contributed by atoms with Gasteiger partial charge in [-0.25, -0.2) is 0 Å². The van der Waals surface area contributed by atoms with Crippen molar-refractivity contribution in [2.24, 2.45) is 10.8 Å². The van der Waals surface area contributed by atoms with Crippen LogP contribution in [-0.2, 0) is 4.79 Å². The standard InChI is InChI=1S/C21H40O2.C6H14O3/c1-21(2,3)19-17-15-13-11-9-7-5-4-6-8-10-12-14-16-18-20(22)23;1-2-6(3-7,4-8)5-9/h4-5H,6-19H2,1-3H3,(H,22,23);7-9H,2-5H2,1H3/b5-4-;. The fourth-order valence-corrected chi connectivity index (χ4v) is 3.24. The van der Waals surface area contributed by atoms with Crippen molar-refractivity contribution in [2.45, 2.75) is 124 Å². The lowest BCUT2D eigenvalue weighted by Crippen LogP contribution is -2.32. The Kier molecular flexibility index (Phi) is 22.8. The van der Waals surface area contributed by atoms with E-state index >= 15 is 0 Å². The molecule has 0 aliphatic carbocycles. The molecule has 0 aromatic heterocycles. The van der Waals surface area contributed by atoms with Gasteiger partial charge in [-0.2, -0.15) is 0 Å². The van der Waals surface area contributed by atoms with Gasteiger partial charge in [0.15, 0.2) is 0 Å². The molecular weight excluding hydrogens is 404 g/mol. The molecule has 0 atom stereocenters. The predicted molar refractivity (Wildman–Crippen MR) is 135 cm³/mol. The van der Waals surface area contributed by atoms with Gasteiger partial charge >= 0.3 is 5.97 Å². The predicted octanol–water partition coefficient (Wildman–Crippen LogP) is 6.49. The second-order valence-electron chi connectivity index (χ2n) is 10.4. The lowest BCUT2D eigenvalue weighted by Gasteiger charge is -2.24. The Morgan fingerprint density at radius 2 is 1.09 bits per heavy atom. The van der Waals surface area contributed by atoms with Crippen LogP contribution in [0.3, 0.4) is 0 Å². The van der Waals surface area contributed by atoms with Crippen LogP contribution in [0.4, 0.5) is 0 Å². The van der Waals surface area contributed by atoms with Crippen LogP contribution in [0.15, 0.2) is 12.2 Å². The third-order valence-electron chi connectivity index (χ3n) is 5.98. The zero-order valence-electron chi connectivity index (χ0n) is 21.6. The van der Waals surface area contributed by atoms with E-state index in [2.05, 4.69) is 32.9 Å². The lowest BCUT2D eigenvalue weighted by molar-refractivity contribution is -0.137. The van der Waals surface area contributed by atoms with Crippen molar-refractivity contribution in [3.63, 3.8) is 0 Å². The number of aliphatic hydroxyl groups is 3. The summed E-state index contributed by atoms with van der Waals surface area (Å²) in [5, 5.41) is 34.5. The molecule has 0 unspecified atom stereocenters. The largest absolute Gasteiger partial charge is 0.481 e. The molecule has 192 valence electrons. The van der Waals surface area contributed by atoms with Gasteiger partial charge in [0.05, 0.1) is 19.8 Å². The van der Waals surface area contributed by atoms with E-state index < -0.39 is 11.4 Å². The third-order valence-corrected chi connectivity index (χ3v) is 5.98. The molecule has 0 aliphatic heterocycles. The van der Waals surface area contributed by atoms with Gasteiger partial charge in [0.1, 0.15) is 0 Å². The van der Waals surface area contributed by atoms with Gasteiger partial charge in [-0.3, -0.25) is 4.79 Å². The summed E-state index contributed by atoms with van der Waals surface area (Å²) in [4.78, 5) is 10.4. The second kappa shape index (κ2) is 21.9. The van der Waals surface area contributed by atoms with Gasteiger partial charge in [0, 0.05) is 11.8 Å². The molecule has 0 fully saturated rings. The molecule has 5 nitrogen and oxygen atoms in total. The van der Waals surface area contributed by atoms with Crippen molar-refractivity contribution in [3.05, 3.63) is 12.2 Å². The zero-order chi connectivity index (χ0) is 24.7. The Labute approximate surface area is 198 Å². The number of hydrogen-bond acceptors (Lipinski definition) is 4. The smallest absolute Gasteiger partial charge is 0.303 e. The Morgan fingerprint density at radius 3 is 1.44 bits per heavy atom. The number of unbranched alkanes of at least 4 members (excludes halogenated alkanes) is 10. The highest BCUT2D eigenvalue weighted by Crippen LogP contribution is 2.22. The Bertz CT molecular complexity index is 418. The van der Waals surface area contributed by atoms with Crippen molar-refractivity contribution < 1.29 is 25.2 Å². The SMILES string of the molecule is CC(C)(C)CCCCCCC/C=C\CCCCCCCC(=O)O.CCC(CO)(CO)CO. The second-order valence-corrected chi connectivity index (χ2v) is 10.4. The molecule has 0 spiro atoms. The Hall–Kier alpha value is -0.910. The first kappa shape index (κ1) is 33.3. The maximum atomic E-state index is 10.4. The topological polar surface area (TPSA) is 98.0 Å². The molecule has 0 bridgehead atoms. The fraction of sp³-hybridized carbons (Fsp3) is 0.889. The maximum absolute atomic E-state index is 10.4. The number of allylic oxidation sites excluding steroid dienone is 2. The van der Waals surface area contributed by atoms with E-state index in [9.17, 15) is 4.79 Å². The molecule has 0 radical (unpaired) electrons. The van der Waals surface area contributed by atoms with Crippen LogP contribution >= 0.6 is 0 Å². The highest BCUT2D eigenvalue weighted by molar-refractivity contribution is 5.66. The molecule has 0 saturated carbocycles. The van der Waals surface area contributed by atoms with Crippen LogP contribution in [0, 0.1) is 10.8 Å². The summed E-state index contributed by atoms with van der Waals surface area (Å²) < 4.78 is 0. The molecule has 0 aromatic rings. The van der Waals surface area contributed by atoms with E-state index in [1.807, 2.05) is 6.92 Å². The van der Waals surface area contributed by atoms with Crippen molar-refractivity contribution in [1.82, 2.24) is 0 Å². The minimum Gasteiger partial charge on any atom is -0.481 e. The van der Waals surface area contributed by atoms with E-state index in [1.165, 1.54) is 70.6 Å². The molecule has 0 rings (SSSR count). The summed E-state index contributed by atoms with van der Waals surface area (Å²) in [6, 6.07) is 0. The summed E-state index contributed by atoms with van der Waals surface area (Å²) in [5.74, 6) is -0.665. The highest BCUT2D eigenvalue weighted by Gasteiger charge is 2.24. The highest BCUT2D eigenvalue weighted by atomic mass is 16.4. The number of aliphatic carboxylic acids is 1. The van der Waals surface area contributed by atoms with Crippen molar-refractivity contribution in [2.75, 3.05) is 19.8 Å². The van der Waals surface area contributed by atoms with E-state index in [0.29, 0.717) is 18.3 Å². The van der Waals surface area contributed by atoms with E-state index in [1.54, 1.807) is 0 Å². The summed E-state index contributed by atoms with van der Waals surface area (Å²) in [7, 11) is 0. The molecule has 4 N–H and O–H groups in total. The van der Waals surface area contributed by atoms with Gasteiger partial charge < -0.3 is 20.4 Å². The van der Waals surface area contributed by atoms with Gasteiger partial charge in [-0.1, -0.05) is 84.8 Å². The van der Waals surface area contributed by atoms with Gasteiger partial charge in [0.2, 0.25) is 0 Å². The summed E-state index contributed by atoms with van der Waals surface area (Å²) in [6.07, 6.45) is 21.8. The number of carboxylic acids is 1. The zero-order valence-corrected chi connectivity index (χ0v) is 21.6. The molecule has 0 aromatic carbocycles. The van der Waals surface area contributed by atoms with Gasteiger partial charge in [-0.05, 0) is 50.4 Å². The first-order chi connectivity index (χ1) is 15.2. The Balaban J connectivity index is 0. The van der Waals surface area contributed by atoms with E-state index in [0.717, 1.165) is 12.8 Å². The average molecular weight is 459 g/mol. The minimum absolute atomic E-state index is 0.156. The quantitative estimate of drug-likeness (QED) is 0.131. The maximum Gasteiger partial charge on any atom is 0.303 e. The van der Waals surface area contributed by atoms with E-state index in [4.69, 9.17) is 20.4 Å². The average Bonchev–Trinajstić information content (AvgIpc) is 2.75. The summed E-state index contributed by atoms with van der Waals surface area (Å²) >= 11 is 0. The molecule has 0 saturated heterocycles. The van der Waals surface area contributed by atoms with Gasteiger partial charge in [-0.15, -0.1) is 0 Å². The minimum atomic E-state index is -0.667. The molecular formula is C27H54O5. The lowest BCUT2D eigenvalue weighted by atomic mass is 9.88. The molecule has 0 aliphatic rings. The number of rotatable bonds is 19. The first-order valence-corrected chi connectivity index (χ1v) is 12.9.